The summed E-state index contributed by atoms with van der Waals surface area (Å²) in [6.45, 7) is 12.6. The number of nitriles is 1. The SMILES string of the molecule is C=C[C@@H](OC(c1ccccc1)(c1ccc(OC)cc1)c1ccc(OC)cc1)C12CO[C@@H]([C@H](n3ccc(=O)[nH]c3=O)O1)[C@@H]2OP(OCCC#N)N(C(C)C)C(C)C. The number of rotatable bonds is 18. The first-order valence-corrected chi connectivity index (χ1v) is 19.7. The van der Waals surface area contributed by atoms with Gasteiger partial charge in [0.05, 0.1) is 39.9 Å². The molecule has 3 heterocycles. The minimum absolute atomic E-state index is 0.0000183. The smallest absolute Gasteiger partial charge is 0.330 e. The van der Waals surface area contributed by atoms with Gasteiger partial charge in [-0.2, -0.15) is 5.26 Å². The van der Waals surface area contributed by atoms with Crippen molar-refractivity contribution in [1.29, 1.82) is 5.26 Å². The lowest BCUT2D eigenvalue weighted by Gasteiger charge is -2.45. The van der Waals surface area contributed by atoms with Crippen LogP contribution in [0.4, 0.5) is 0 Å². The number of benzene rings is 3. The first-order valence-electron chi connectivity index (χ1n) is 18.5. The van der Waals surface area contributed by atoms with Crippen molar-refractivity contribution in [3.05, 3.63) is 141 Å². The largest absolute Gasteiger partial charge is 0.497 e. The minimum Gasteiger partial charge on any atom is -0.497 e. The Labute approximate surface area is 328 Å². The van der Waals surface area contributed by atoms with E-state index in [-0.39, 0.29) is 31.7 Å². The molecule has 14 heteroatoms. The standard InChI is InChI=1S/C42H49N4O9P/c1-8-35(53-42(30-13-10-9-11-14-30,31-15-19-33(49-6)20-16-31)32-17-21-34(50-7)22-18-32)41-27-51-37(39(54-41)45-25-23-36(47)44-40(45)48)38(41)55-56(52-26-12-24-43)46(28(2)3)29(4)5/h8-11,13-23,25,28-29,35,37-39H,1,12,26-27H2,2-7H3,(H,44,47,48)/t35-,37-,38+,39-,41?,56?/m1/s1. The van der Waals surface area contributed by atoms with Crippen LogP contribution in [0.1, 0.15) is 57.0 Å². The van der Waals surface area contributed by atoms with Gasteiger partial charge >= 0.3 is 5.69 Å². The molecule has 13 nitrogen and oxygen atoms in total. The molecule has 0 radical (unpaired) electrons. The molecule has 2 aliphatic rings. The zero-order valence-corrected chi connectivity index (χ0v) is 33.4. The van der Waals surface area contributed by atoms with Crippen LogP contribution in [0.3, 0.4) is 0 Å². The van der Waals surface area contributed by atoms with Crippen molar-refractivity contribution in [2.75, 3.05) is 27.4 Å². The second-order valence-corrected chi connectivity index (χ2v) is 15.5. The Bertz CT molecular complexity index is 2030. The molecular formula is C42H49N4O9P. The van der Waals surface area contributed by atoms with Gasteiger partial charge in [-0.25, -0.2) is 9.46 Å². The molecule has 0 spiro atoms. The van der Waals surface area contributed by atoms with Crippen LogP contribution in [-0.4, -0.2) is 77.7 Å². The zero-order valence-electron chi connectivity index (χ0n) is 32.5. The number of methoxy groups -OCH3 is 2. The van der Waals surface area contributed by atoms with Crippen LogP contribution in [0, 0.1) is 11.3 Å². The Balaban J connectivity index is 1.55. The van der Waals surface area contributed by atoms with Crippen LogP contribution < -0.4 is 20.7 Å². The van der Waals surface area contributed by atoms with E-state index in [9.17, 15) is 14.9 Å². The molecule has 2 aliphatic heterocycles. The van der Waals surface area contributed by atoms with E-state index in [1.807, 2.05) is 78.9 Å². The van der Waals surface area contributed by atoms with E-state index in [4.69, 9.17) is 32.7 Å². The van der Waals surface area contributed by atoms with Crippen LogP contribution in [0.2, 0.25) is 0 Å². The Morgan fingerprint density at radius 1 is 0.964 bits per heavy atom. The van der Waals surface area contributed by atoms with Crippen LogP contribution in [-0.2, 0) is 28.9 Å². The van der Waals surface area contributed by atoms with Crippen molar-refractivity contribution in [2.45, 2.75) is 81.9 Å². The van der Waals surface area contributed by atoms with Gasteiger partial charge in [0, 0.05) is 24.3 Å². The minimum atomic E-state index is -1.82. The van der Waals surface area contributed by atoms with Gasteiger partial charge in [0.25, 0.3) is 14.1 Å². The fraction of sp³-hybridized carbons (Fsp3) is 0.405. The van der Waals surface area contributed by atoms with Crippen molar-refractivity contribution >= 4 is 8.53 Å². The molecule has 296 valence electrons. The lowest BCUT2D eigenvalue weighted by Crippen LogP contribution is -2.55. The normalized spacial score (nSPS) is 21.6. The number of nitrogens with one attached hydrogen (secondary N) is 1. The third-order valence-corrected chi connectivity index (χ3v) is 12.2. The Hall–Kier alpha value is -4.64. The molecule has 56 heavy (non-hydrogen) atoms. The third-order valence-electron chi connectivity index (χ3n) is 10.1. The summed E-state index contributed by atoms with van der Waals surface area (Å²) in [6, 6.07) is 28.6. The van der Waals surface area contributed by atoms with Gasteiger partial charge in [0.1, 0.15) is 35.4 Å². The van der Waals surface area contributed by atoms with Crippen LogP contribution in [0.5, 0.6) is 11.5 Å². The number of nitrogens with zero attached hydrogens (tertiary/aromatic N) is 3. The molecular weight excluding hydrogens is 735 g/mol. The second-order valence-electron chi connectivity index (χ2n) is 14.1. The Kier molecular flexibility index (Phi) is 12.9. The summed E-state index contributed by atoms with van der Waals surface area (Å²) in [5.74, 6) is 1.34. The number of fused-ring (bicyclic) bond motifs is 2. The predicted molar refractivity (Wildman–Crippen MR) is 211 cm³/mol. The third kappa shape index (κ3) is 7.84. The van der Waals surface area contributed by atoms with E-state index >= 15 is 0 Å². The maximum Gasteiger partial charge on any atom is 0.330 e. The molecule has 2 bridgehead atoms. The number of hydrogen-bond donors (Lipinski definition) is 1. The number of hydrogen-bond acceptors (Lipinski definition) is 11. The first kappa shape index (κ1) is 41.0. The summed E-state index contributed by atoms with van der Waals surface area (Å²) in [5.41, 5.74) is -1.54. The van der Waals surface area contributed by atoms with E-state index in [0.29, 0.717) is 11.5 Å². The Morgan fingerprint density at radius 2 is 1.55 bits per heavy atom. The van der Waals surface area contributed by atoms with E-state index in [1.165, 1.54) is 16.8 Å². The average molecular weight is 785 g/mol. The van der Waals surface area contributed by atoms with Gasteiger partial charge in [0.2, 0.25) is 0 Å². The molecule has 6 atom stereocenters. The highest BCUT2D eigenvalue weighted by Gasteiger charge is 2.68. The summed E-state index contributed by atoms with van der Waals surface area (Å²) < 4.78 is 49.1. The number of H-pyrrole nitrogens is 1. The molecule has 2 unspecified atom stereocenters. The van der Waals surface area contributed by atoms with Crippen molar-refractivity contribution < 1.29 is 32.7 Å². The van der Waals surface area contributed by atoms with Gasteiger partial charge < -0.3 is 32.7 Å². The lowest BCUT2D eigenvalue weighted by atomic mass is 9.79. The van der Waals surface area contributed by atoms with E-state index in [1.54, 1.807) is 20.3 Å². The van der Waals surface area contributed by atoms with E-state index < -0.39 is 55.5 Å². The molecule has 1 N–H and O–H groups in total. The van der Waals surface area contributed by atoms with Gasteiger partial charge in [-0.05, 0) is 68.7 Å². The fourth-order valence-corrected chi connectivity index (χ4v) is 9.36. The molecule has 2 saturated heterocycles. The van der Waals surface area contributed by atoms with Crippen LogP contribution >= 0.6 is 8.53 Å². The molecule has 3 aromatic carbocycles. The zero-order chi connectivity index (χ0) is 40.0. The lowest BCUT2D eigenvalue weighted by molar-refractivity contribution is -0.223. The van der Waals surface area contributed by atoms with Crippen LogP contribution in [0.25, 0.3) is 0 Å². The van der Waals surface area contributed by atoms with Crippen molar-refractivity contribution in [2.24, 2.45) is 0 Å². The molecule has 0 amide bonds. The summed E-state index contributed by atoms with van der Waals surface area (Å²) in [4.78, 5) is 27.8. The topological polar surface area (TPSA) is 147 Å². The van der Waals surface area contributed by atoms with Gasteiger partial charge in [0.15, 0.2) is 11.8 Å². The highest BCUT2D eigenvalue weighted by atomic mass is 31.2. The molecule has 0 saturated carbocycles. The maximum absolute atomic E-state index is 13.3. The Morgan fingerprint density at radius 3 is 2.07 bits per heavy atom. The van der Waals surface area contributed by atoms with E-state index in [0.717, 1.165) is 16.7 Å². The van der Waals surface area contributed by atoms with Crippen LogP contribution in [0.15, 0.2) is 113 Å². The predicted octanol–water partition coefficient (Wildman–Crippen LogP) is 6.44. The van der Waals surface area contributed by atoms with Gasteiger partial charge in [-0.3, -0.25) is 14.3 Å². The summed E-state index contributed by atoms with van der Waals surface area (Å²) in [6.07, 6.45) is -0.505. The monoisotopic (exact) mass is 784 g/mol. The van der Waals surface area contributed by atoms with Gasteiger partial charge in [-0.1, -0.05) is 60.7 Å². The van der Waals surface area contributed by atoms with E-state index in [2.05, 4.69) is 50.0 Å². The highest BCUT2D eigenvalue weighted by Crippen LogP contribution is 2.57. The molecule has 1 aromatic heterocycles. The maximum atomic E-state index is 13.3. The highest BCUT2D eigenvalue weighted by molar-refractivity contribution is 7.44. The number of aromatic nitrogens is 2. The van der Waals surface area contributed by atoms with Gasteiger partial charge in [-0.15, -0.1) is 6.58 Å². The number of ether oxygens (including phenoxy) is 5. The molecule has 6 rings (SSSR count). The summed E-state index contributed by atoms with van der Waals surface area (Å²) >= 11 is 0. The average Bonchev–Trinajstić information content (AvgIpc) is 3.70. The first-order chi connectivity index (χ1) is 27.0. The molecule has 2 fully saturated rings. The summed E-state index contributed by atoms with van der Waals surface area (Å²) in [7, 11) is 1.41. The molecule has 0 aliphatic carbocycles. The summed E-state index contributed by atoms with van der Waals surface area (Å²) in [5, 5.41) is 9.40. The molecule has 4 aromatic rings. The second kappa shape index (κ2) is 17.7. The van der Waals surface area contributed by atoms with Crippen molar-refractivity contribution in [1.82, 2.24) is 14.2 Å². The van der Waals surface area contributed by atoms with Crippen molar-refractivity contribution in [3.8, 4) is 17.6 Å². The quantitative estimate of drug-likeness (QED) is 0.0515. The number of aromatic amines is 1. The van der Waals surface area contributed by atoms with Crippen molar-refractivity contribution in [3.63, 3.8) is 0 Å². The fourth-order valence-electron chi connectivity index (χ4n) is 7.56.